The van der Waals surface area contributed by atoms with E-state index >= 15 is 0 Å². The van der Waals surface area contributed by atoms with Gasteiger partial charge in [-0.1, -0.05) is 22.0 Å². The van der Waals surface area contributed by atoms with Crippen LogP contribution in [0.4, 0.5) is 0 Å². The molecule has 0 saturated carbocycles. The Morgan fingerprint density at radius 1 is 1.36 bits per heavy atom. The second-order valence-corrected chi connectivity index (χ2v) is 4.86. The SMILES string of the molecule is O=C1c2cc3c(cc2CC1Br)CCO3. The van der Waals surface area contributed by atoms with Crippen molar-refractivity contribution in [2.24, 2.45) is 0 Å². The van der Waals surface area contributed by atoms with Crippen LogP contribution in [0.1, 0.15) is 21.5 Å². The number of carbonyl (C=O) groups is 1. The van der Waals surface area contributed by atoms with Crippen molar-refractivity contribution in [3.05, 3.63) is 28.8 Å². The first-order chi connectivity index (χ1) is 6.75. The molecule has 0 aromatic heterocycles. The third-order valence-electron chi connectivity index (χ3n) is 2.86. The lowest BCUT2D eigenvalue weighted by molar-refractivity contribution is 0.100. The Kier molecular flexibility index (Phi) is 1.71. The third kappa shape index (κ3) is 1.05. The summed E-state index contributed by atoms with van der Waals surface area (Å²) in [7, 11) is 0. The Morgan fingerprint density at radius 3 is 3.07 bits per heavy atom. The lowest BCUT2D eigenvalue weighted by Gasteiger charge is -2.01. The zero-order valence-corrected chi connectivity index (χ0v) is 9.13. The molecule has 0 radical (unpaired) electrons. The van der Waals surface area contributed by atoms with Gasteiger partial charge in [-0.15, -0.1) is 0 Å². The van der Waals surface area contributed by atoms with Gasteiger partial charge < -0.3 is 4.74 Å². The Balaban J connectivity index is 2.17. The molecule has 1 aromatic carbocycles. The molecule has 1 aliphatic heterocycles. The lowest BCUT2D eigenvalue weighted by Crippen LogP contribution is -2.06. The van der Waals surface area contributed by atoms with Crippen LogP contribution in [-0.2, 0) is 12.8 Å². The summed E-state index contributed by atoms with van der Waals surface area (Å²) in [5.41, 5.74) is 3.26. The first kappa shape index (κ1) is 8.48. The van der Waals surface area contributed by atoms with Gasteiger partial charge in [-0.2, -0.15) is 0 Å². The molecule has 0 amide bonds. The van der Waals surface area contributed by atoms with Crippen molar-refractivity contribution in [1.29, 1.82) is 0 Å². The Bertz CT molecular complexity index is 426. The van der Waals surface area contributed by atoms with E-state index in [1.807, 2.05) is 6.07 Å². The number of fused-ring (bicyclic) bond motifs is 2. The van der Waals surface area contributed by atoms with Crippen LogP contribution >= 0.6 is 15.9 Å². The summed E-state index contributed by atoms with van der Waals surface area (Å²) >= 11 is 3.38. The molecular weight excluding hydrogens is 244 g/mol. The van der Waals surface area contributed by atoms with Crippen LogP contribution in [0.25, 0.3) is 0 Å². The molecule has 1 unspecified atom stereocenters. The molecule has 14 heavy (non-hydrogen) atoms. The Morgan fingerprint density at radius 2 is 2.21 bits per heavy atom. The van der Waals surface area contributed by atoms with E-state index in [0.717, 1.165) is 30.8 Å². The summed E-state index contributed by atoms with van der Waals surface area (Å²) in [6.07, 6.45) is 1.80. The van der Waals surface area contributed by atoms with Gasteiger partial charge >= 0.3 is 0 Å². The number of ketones is 1. The highest BCUT2D eigenvalue weighted by molar-refractivity contribution is 9.10. The standard InChI is InChI=1S/C11H9BrO2/c12-9-4-7-3-6-1-2-14-10(6)5-8(7)11(9)13/h3,5,9H,1-2,4H2. The van der Waals surface area contributed by atoms with Gasteiger partial charge in [-0.05, 0) is 23.6 Å². The maximum atomic E-state index is 11.7. The van der Waals surface area contributed by atoms with Gasteiger partial charge in [0.15, 0.2) is 5.78 Å². The van der Waals surface area contributed by atoms with E-state index in [2.05, 4.69) is 22.0 Å². The van der Waals surface area contributed by atoms with Gasteiger partial charge in [0.05, 0.1) is 11.4 Å². The molecule has 1 aliphatic carbocycles. The number of alkyl halides is 1. The first-order valence-corrected chi connectivity index (χ1v) is 5.64. The molecule has 0 fully saturated rings. The zero-order valence-electron chi connectivity index (χ0n) is 7.55. The summed E-state index contributed by atoms with van der Waals surface area (Å²) in [4.78, 5) is 11.7. The molecule has 3 rings (SSSR count). The number of halogens is 1. The quantitative estimate of drug-likeness (QED) is 0.662. The van der Waals surface area contributed by atoms with E-state index in [1.54, 1.807) is 0 Å². The highest BCUT2D eigenvalue weighted by Gasteiger charge is 2.30. The van der Waals surface area contributed by atoms with E-state index in [9.17, 15) is 4.79 Å². The van der Waals surface area contributed by atoms with Gasteiger partial charge in [-0.25, -0.2) is 0 Å². The molecule has 1 atom stereocenters. The van der Waals surface area contributed by atoms with Crippen LogP contribution in [0.5, 0.6) is 5.75 Å². The normalized spacial score (nSPS) is 23.2. The summed E-state index contributed by atoms with van der Waals surface area (Å²) in [5.74, 6) is 1.09. The van der Waals surface area contributed by atoms with Crippen molar-refractivity contribution in [1.82, 2.24) is 0 Å². The van der Waals surface area contributed by atoms with Gasteiger partial charge in [0.25, 0.3) is 0 Å². The van der Waals surface area contributed by atoms with E-state index < -0.39 is 0 Å². The fourth-order valence-electron chi connectivity index (χ4n) is 2.13. The minimum absolute atomic E-state index is 0.0278. The number of ether oxygens (including phenoxy) is 1. The van der Waals surface area contributed by atoms with E-state index in [0.29, 0.717) is 0 Å². The fraction of sp³-hybridized carbons (Fsp3) is 0.364. The Labute approximate surface area is 90.4 Å². The van der Waals surface area contributed by atoms with E-state index in [1.165, 1.54) is 11.1 Å². The lowest BCUT2D eigenvalue weighted by atomic mass is 10.0. The fourth-order valence-corrected chi connectivity index (χ4v) is 2.72. The third-order valence-corrected chi connectivity index (χ3v) is 3.60. The van der Waals surface area contributed by atoms with Crippen molar-refractivity contribution in [2.75, 3.05) is 6.61 Å². The average Bonchev–Trinajstić information content (AvgIpc) is 2.70. The number of hydrogen-bond acceptors (Lipinski definition) is 2. The maximum absolute atomic E-state index is 11.7. The van der Waals surface area contributed by atoms with Crippen LogP contribution in [0.3, 0.4) is 0 Å². The monoisotopic (exact) mass is 252 g/mol. The number of hydrogen-bond donors (Lipinski definition) is 0. The zero-order chi connectivity index (χ0) is 9.71. The van der Waals surface area contributed by atoms with Gasteiger partial charge in [0, 0.05) is 12.0 Å². The average molecular weight is 253 g/mol. The summed E-state index contributed by atoms with van der Waals surface area (Å²) in [5, 5.41) is 0. The number of benzene rings is 1. The second-order valence-electron chi connectivity index (χ2n) is 3.75. The van der Waals surface area contributed by atoms with Gasteiger partial charge in [-0.3, -0.25) is 4.79 Å². The number of carbonyl (C=O) groups excluding carboxylic acids is 1. The minimum atomic E-state index is -0.0278. The topological polar surface area (TPSA) is 26.3 Å². The highest BCUT2D eigenvalue weighted by atomic mass is 79.9. The molecule has 0 saturated heterocycles. The molecule has 0 spiro atoms. The Hall–Kier alpha value is -0.830. The summed E-state index contributed by atoms with van der Waals surface area (Å²) in [6, 6.07) is 4.03. The van der Waals surface area contributed by atoms with E-state index in [4.69, 9.17) is 4.74 Å². The maximum Gasteiger partial charge on any atom is 0.177 e. The summed E-state index contributed by atoms with van der Waals surface area (Å²) in [6.45, 7) is 0.754. The van der Waals surface area contributed by atoms with Gasteiger partial charge in [0.2, 0.25) is 0 Å². The first-order valence-electron chi connectivity index (χ1n) is 4.72. The molecule has 1 aromatic rings. The van der Waals surface area contributed by atoms with Gasteiger partial charge in [0.1, 0.15) is 5.75 Å². The summed E-state index contributed by atoms with van der Waals surface area (Å²) < 4.78 is 5.44. The van der Waals surface area contributed by atoms with Crippen LogP contribution in [0, 0.1) is 0 Å². The molecule has 0 N–H and O–H groups in total. The van der Waals surface area contributed by atoms with Crippen LogP contribution in [-0.4, -0.2) is 17.2 Å². The van der Waals surface area contributed by atoms with Crippen LogP contribution in [0.2, 0.25) is 0 Å². The second kappa shape index (κ2) is 2.83. The predicted octanol–water partition coefficient (Wildman–Crippen LogP) is 2.12. The highest BCUT2D eigenvalue weighted by Crippen LogP contribution is 2.34. The molecule has 2 aliphatic rings. The largest absolute Gasteiger partial charge is 0.493 e. The van der Waals surface area contributed by atoms with E-state index in [-0.39, 0.29) is 10.6 Å². The number of Topliss-reactive ketones (excluding diaryl/α,β-unsaturated/α-hetero) is 1. The predicted molar refractivity (Wildman–Crippen MR) is 56.4 cm³/mol. The van der Waals surface area contributed by atoms with Crippen molar-refractivity contribution in [3.63, 3.8) is 0 Å². The van der Waals surface area contributed by atoms with Crippen LogP contribution in [0.15, 0.2) is 12.1 Å². The molecule has 1 heterocycles. The molecular formula is C11H9BrO2. The minimum Gasteiger partial charge on any atom is -0.493 e. The molecule has 0 bridgehead atoms. The van der Waals surface area contributed by atoms with Crippen molar-refractivity contribution >= 4 is 21.7 Å². The molecule has 2 nitrogen and oxygen atoms in total. The van der Waals surface area contributed by atoms with Crippen molar-refractivity contribution in [3.8, 4) is 5.75 Å². The van der Waals surface area contributed by atoms with Crippen LogP contribution < -0.4 is 4.74 Å². The molecule has 72 valence electrons. The molecule has 3 heteroatoms. The number of rotatable bonds is 0. The van der Waals surface area contributed by atoms with Crippen molar-refractivity contribution < 1.29 is 9.53 Å². The van der Waals surface area contributed by atoms with Crippen molar-refractivity contribution in [2.45, 2.75) is 17.7 Å². The smallest absolute Gasteiger partial charge is 0.177 e.